The predicted octanol–water partition coefficient (Wildman–Crippen LogP) is -0.443. The fourth-order valence-corrected chi connectivity index (χ4v) is 3.95. The number of nitrogens with zero attached hydrogens (tertiary/aromatic N) is 5. The van der Waals surface area contributed by atoms with E-state index >= 15 is 0 Å². The van der Waals surface area contributed by atoms with Gasteiger partial charge in [0.05, 0.1) is 13.2 Å². The van der Waals surface area contributed by atoms with Crippen LogP contribution in [-0.4, -0.2) is 75.4 Å². The van der Waals surface area contributed by atoms with Gasteiger partial charge in [0.25, 0.3) is 0 Å². The zero-order chi connectivity index (χ0) is 19.0. The molecule has 148 valence electrons. The van der Waals surface area contributed by atoms with E-state index in [1.54, 1.807) is 16.5 Å². The van der Waals surface area contributed by atoms with Crippen molar-refractivity contribution in [3.8, 4) is 0 Å². The molecule has 0 bridgehead atoms. The molecule has 27 heavy (non-hydrogen) atoms. The van der Waals surface area contributed by atoms with Crippen molar-refractivity contribution in [3.63, 3.8) is 0 Å². The highest BCUT2D eigenvalue weighted by atomic mass is 16.5. The minimum absolute atomic E-state index is 0.0360. The number of amides is 2. The van der Waals surface area contributed by atoms with Gasteiger partial charge in [0.15, 0.2) is 0 Å². The molecule has 0 aromatic carbocycles. The molecule has 0 atom stereocenters. The number of likely N-dealkylation sites (tertiary alicyclic amines) is 1. The average Bonchev–Trinajstić information content (AvgIpc) is 3.51. The standard InChI is InChI=1S/C18H27N5O4/c1-20-16(13-4-6-22(7-5-13)17(25)14-2-3-14)19-23(18(20)26)12-15(24)21-8-10-27-11-9-21/h13-14H,2-12H2,1H3. The number of morpholine rings is 1. The van der Waals surface area contributed by atoms with Crippen LogP contribution in [0.4, 0.5) is 0 Å². The molecule has 1 aromatic heterocycles. The molecule has 3 aliphatic rings. The van der Waals surface area contributed by atoms with Crippen LogP contribution in [0.15, 0.2) is 4.79 Å². The van der Waals surface area contributed by atoms with Crippen molar-refractivity contribution in [1.29, 1.82) is 0 Å². The monoisotopic (exact) mass is 377 g/mol. The topological polar surface area (TPSA) is 89.7 Å². The van der Waals surface area contributed by atoms with E-state index < -0.39 is 0 Å². The summed E-state index contributed by atoms with van der Waals surface area (Å²) >= 11 is 0. The molecule has 1 saturated carbocycles. The van der Waals surface area contributed by atoms with Crippen molar-refractivity contribution in [3.05, 3.63) is 16.3 Å². The van der Waals surface area contributed by atoms with Gasteiger partial charge >= 0.3 is 5.69 Å². The summed E-state index contributed by atoms with van der Waals surface area (Å²) in [5.41, 5.74) is -0.261. The summed E-state index contributed by atoms with van der Waals surface area (Å²) < 4.78 is 8.08. The first-order valence-corrected chi connectivity index (χ1v) is 9.82. The smallest absolute Gasteiger partial charge is 0.346 e. The number of aromatic nitrogens is 3. The Morgan fingerprint density at radius 2 is 1.70 bits per heavy atom. The van der Waals surface area contributed by atoms with E-state index in [2.05, 4.69) is 5.10 Å². The lowest BCUT2D eigenvalue weighted by Gasteiger charge is -2.31. The Morgan fingerprint density at radius 3 is 2.33 bits per heavy atom. The summed E-state index contributed by atoms with van der Waals surface area (Å²) in [7, 11) is 1.71. The van der Waals surface area contributed by atoms with Gasteiger partial charge in [0.1, 0.15) is 12.4 Å². The van der Waals surface area contributed by atoms with E-state index in [4.69, 9.17) is 4.74 Å². The highest BCUT2D eigenvalue weighted by Gasteiger charge is 2.36. The van der Waals surface area contributed by atoms with Crippen LogP contribution >= 0.6 is 0 Å². The number of hydrogen-bond acceptors (Lipinski definition) is 5. The Hall–Kier alpha value is -2.16. The zero-order valence-corrected chi connectivity index (χ0v) is 15.8. The van der Waals surface area contributed by atoms with Crippen LogP contribution in [0, 0.1) is 5.92 Å². The molecule has 9 heteroatoms. The van der Waals surface area contributed by atoms with Crippen molar-refractivity contribution < 1.29 is 14.3 Å². The second-order valence-electron chi connectivity index (χ2n) is 7.72. The summed E-state index contributed by atoms with van der Waals surface area (Å²) in [6.45, 7) is 3.58. The van der Waals surface area contributed by atoms with E-state index in [1.807, 2.05) is 4.90 Å². The van der Waals surface area contributed by atoms with Crippen LogP contribution < -0.4 is 5.69 Å². The number of rotatable bonds is 4. The van der Waals surface area contributed by atoms with Crippen molar-refractivity contribution >= 4 is 11.8 Å². The normalized spacial score (nSPS) is 21.5. The lowest BCUT2D eigenvalue weighted by atomic mass is 9.95. The summed E-state index contributed by atoms with van der Waals surface area (Å²) in [6, 6.07) is 0. The highest BCUT2D eigenvalue weighted by Crippen LogP contribution is 2.33. The van der Waals surface area contributed by atoms with Gasteiger partial charge in [-0.1, -0.05) is 0 Å². The quantitative estimate of drug-likeness (QED) is 0.709. The number of carbonyl (C=O) groups excluding carboxylic acids is 2. The molecule has 1 aliphatic carbocycles. The van der Waals surface area contributed by atoms with Gasteiger partial charge < -0.3 is 14.5 Å². The second kappa shape index (κ2) is 7.46. The maximum Gasteiger partial charge on any atom is 0.346 e. The minimum Gasteiger partial charge on any atom is -0.378 e. The molecule has 1 aromatic rings. The SMILES string of the molecule is Cn1c(C2CCN(C(=O)C3CC3)CC2)nn(CC(=O)N2CCOCC2)c1=O. The molecular formula is C18H27N5O4. The van der Waals surface area contributed by atoms with E-state index in [1.165, 1.54) is 4.68 Å². The third-order valence-corrected chi connectivity index (χ3v) is 5.82. The largest absolute Gasteiger partial charge is 0.378 e. The number of hydrogen-bond donors (Lipinski definition) is 0. The predicted molar refractivity (Wildman–Crippen MR) is 96.1 cm³/mol. The molecule has 4 rings (SSSR count). The second-order valence-corrected chi connectivity index (χ2v) is 7.72. The van der Waals surface area contributed by atoms with Crippen LogP contribution in [0.5, 0.6) is 0 Å². The summed E-state index contributed by atoms with van der Waals surface area (Å²) in [4.78, 5) is 40.8. The van der Waals surface area contributed by atoms with Crippen molar-refractivity contribution in [2.24, 2.45) is 13.0 Å². The van der Waals surface area contributed by atoms with Gasteiger partial charge in [-0.15, -0.1) is 0 Å². The van der Waals surface area contributed by atoms with Gasteiger partial charge in [0.2, 0.25) is 11.8 Å². The van der Waals surface area contributed by atoms with Crippen LogP contribution in [0.2, 0.25) is 0 Å². The van der Waals surface area contributed by atoms with Crippen LogP contribution in [-0.2, 0) is 27.9 Å². The number of carbonyl (C=O) groups is 2. The Bertz CT molecular complexity index is 767. The van der Waals surface area contributed by atoms with Crippen molar-refractivity contribution in [1.82, 2.24) is 24.1 Å². The average molecular weight is 377 g/mol. The maximum absolute atomic E-state index is 12.5. The fraction of sp³-hybridized carbons (Fsp3) is 0.778. The summed E-state index contributed by atoms with van der Waals surface area (Å²) in [6.07, 6.45) is 3.66. The van der Waals surface area contributed by atoms with E-state index in [-0.39, 0.29) is 35.9 Å². The third-order valence-electron chi connectivity index (χ3n) is 5.82. The van der Waals surface area contributed by atoms with E-state index in [0.717, 1.165) is 25.7 Å². The summed E-state index contributed by atoms with van der Waals surface area (Å²) in [5.74, 6) is 1.29. The number of ether oxygens (including phenoxy) is 1. The molecular weight excluding hydrogens is 350 g/mol. The molecule has 3 fully saturated rings. The summed E-state index contributed by atoms with van der Waals surface area (Å²) in [5, 5.41) is 4.47. The van der Waals surface area contributed by atoms with Gasteiger partial charge in [0, 0.05) is 45.1 Å². The van der Waals surface area contributed by atoms with E-state index in [0.29, 0.717) is 45.2 Å². The molecule has 2 amide bonds. The molecule has 2 aliphatic heterocycles. The van der Waals surface area contributed by atoms with E-state index in [9.17, 15) is 14.4 Å². The van der Waals surface area contributed by atoms with Gasteiger partial charge in [-0.3, -0.25) is 14.2 Å². The lowest BCUT2D eigenvalue weighted by molar-refractivity contribution is -0.136. The van der Waals surface area contributed by atoms with Crippen LogP contribution in [0.25, 0.3) is 0 Å². The van der Waals surface area contributed by atoms with Gasteiger partial charge in [-0.05, 0) is 25.7 Å². The molecule has 9 nitrogen and oxygen atoms in total. The Morgan fingerprint density at radius 1 is 1.04 bits per heavy atom. The molecule has 0 spiro atoms. The first-order chi connectivity index (χ1) is 13.0. The Balaban J connectivity index is 1.40. The zero-order valence-electron chi connectivity index (χ0n) is 15.8. The maximum atomic E-state index is 12.5. The van der Waals surface area contributed by atoms with Crippen molar-refractivity contribution in [2.75, 3.05) is 39.4 Å². The molecule has 0 radical (unpaired) electrons. The Labute approximate surface area is 157 Å². The first-order valence-electron chi connectivity index (χ1n) is 9.82. The lowest BCUT2D eigenvalue weighted by Crippen LogP contribution is -2.43. The minimum atomic E-state index is -0.261. The Kier molecular flexibility index (Phi) is 5.03. The molecule has 3 heterocycles. The van der Waals surface area contributed by atoms with Gasteiger partial charge in [-0.2, -0.15) is 5.10 Å². The molecule has 2 saturated heterocycles. The van der Waals surface area contributed by atoms with Crippen molar-refractivity contribution in [2.45, 2.75) is 38.1 Å². The number of piperidine rings is 1. The molecule has 0 N–H and O–H groups in total. The molecule has 0 unspecified atom stereocenters. The third kappa shape index (κ3) is 3.78. The first kappa shape index (κ1) is 18.2. The van der Waals surface area contributed by atoms with Crippen LogP contribution in [0.1, 0.15) is 37.4 Å². The fourth-order valence-electron chi connectivity index (χ4n) is 3.95. The van der Waals surface area contributed by atoms with Gasteiger partial charge in [-0.25, -0.2) is 9.48 Å². The van der Waals surface area contributed by atoms with Crippen LogP contribution in [0.3, 0.4) is 0 Å². The highest BCUT2D eigenvalue weighted by molar-refractivity contribution is 5.81.